The fourth-order valence-electron chi connectivity index (χ4n) is 3.67. The van der Waals surface area contributed by atoms with Crippen LogP contribution in [0.15, 0.2) is 133 Å². The molecule has 0 saturated heterocycles. The second-order valence-electron chi connectivity index (χ2n) is 7.28. The molecular formula is C32H23N. The quantitative estimate of drug-likeness (QED) is 0.291. The molecule has 6 aromatic carbocycles. The third-order valence-corrected chi connectivity index (χ3v) is 5.26. The predicted octanol–water partition coefficient (Wildman–Crippen LogP) is 9.07. The van der Waals surface area contributed by atoms with E-state index in [9.17, 15) is 0 Å². The monoisotopic (exact) mass is 435 g/mol. The van der Waals surface area contributed by atoms with E-state index >= 15 is 0 Å². The van der Waals surface area contributed by atoms with Gasteiger partial charge in [0.15, 0.2) is 0 Å². The van der Waals surface area contributed by atoms with E-state index in [0.29, 0.717) is 22.5 Å². The summed E-state index contributed by atoms with van der Waals surface area (Å²) >= 11 is 0. The molecule has 33 heavy (non-hydrogen) atoms. The van der Waals surface area contributed by atoms with E-state index < -0.39 is 72.5 Å². The van der Waals surface area contributed by atoms with Gasteiger partial charge in [-0.2, -0.15) is 0 Å². The van der Waals surface area contributed by atoms with Crippen molar-refractivity contribution in [3.05, 3.63) is 133 Å². The molecule has 0 amide bonds. The Morgan fingerprint density at radius 3 is 1.27 bits per heavy atom. The molecule has 1 nitrogen and oxygen atoms in total. The highest BCUT2D eigenvalue weighted by molar-refractivity contribution is 5.97. The number of nitrogens with one attached hydrogen (secondary N) is 1. The summed E-state index contributed by atoms with van der Waals surface area (Å²) in [5.41, 5.74) is 2.29. The Bertz CT molecular complexity index is 2120. The van der Waals surface area contributed by atoms with Crippen LogP contribution >= 0.6 is 0 Å². The fourth-order valence-corrected chi connectivity index (χ4v) is 3.67. The molecule has 1 N–H and O–H groups in total. The van der Waals surface area contributed by atoms with Crippen LogP contribution in [0.1, 0.15) is 19.2 Å². The van der Waals surface area contributed by atoms with Gasteiger partial charge in [0.1, 0.15) is 0 Å². The molecule has 6 aromatic rings. The van der Waals surface area contributed by atoms with Crippen molar-refractivity contribution >= 4 is 32.9 Å². The lowest BCUT2D eigenvalue weighted by atomic mass is 9.98. The molecule has 0 atom stereocenters. The van der Waals surface area contributed by atoms with Crippen LogP contribution in [0.2, 0.25) is 0 Å². The molecule has 0 fully saturated rings. The Kier molecular flexibility index (Phi) is 2.42. The number of hydrogen-bond acceptors (Lipinski definition) is 1. The van der Waals surface area contributed by atoms with Crippen LogP contribution in [0.5, 0.6) is 0 Å². The summed E-state index contributed by atoms with van der Waals surface area (Å²) in [6, 6.07) is 7.14. The first-order valence-corrected chi connectivity index (χ1v) is 10.1. The Morgan fingerprint density at radius 2 is 0.818 bits per heavy atom. The van der Waals surface area contributed by atoms with Crippen molar-refractivity contribution in [1.29, 1.82) is 0 Å². The summed E-state index contributed by atoms with van der Waals surface area (Å²) in [5.74, 6) is 0. The van der Waals surface area contributed by atoms with Crippen molar-refractivity contribution in [2.45, 2.75) is 0 Å². The zero-order valence-electron chi connectivity index (χ0n) is 31.1. The maximum Gasteiger partial charge on any atom is 0.0629 e. The van der Waals surface area contributed by atoms with Gasteiger partial charge in [0, 0.05) is 11.4 Å². The average Bonchev–Trinajstić information content (AvgIpc) is 3.06. The number of hydrogen-bond donors (Lipinski definition) is 1. The third-order valence-electron chi connectivity index (χ3n) is 5.26. The first kappa shape index (κ1) is 9.64. The van der Waals surface area contributed by atoms with Crippen LogP contribution in [0.3, 0.4) is 0 Å². The van der Waals surface area contributed by atoms with E-state index in [1.807, 2.05) is 0 Å². The highest BCUT2D eigenvalue weighted by Crippen LogP contribution is 2.32. The average molecular weight is 436 g/mol. The van der Waals surface area contributed by atoms with E-state index in [1.54, 1.807) is 48.5 Å². The minimum absolute atomic E-state index is 0.00117. The van der Waals surface area contributed by atoms with Crippen LogP contribution < -0.4 is 5.32 Å². The molecule has 6 rings (SSSR count). The summed E-state index contributed by atoms with van der Waals surface area (Å²) in [5, 5.41) is 2.96. The number of rotatable bonds is 4. The van der Waals surface area contributed by atoms with Crippen molar-refractivity contribution in [3.8, 4) is 22.3 Å². The second kappa shape index (κ2) is 8.29. The summed E-state index contributed by atoms with van der Waals surface area (Å²) in [6.07, 6.45) is 0. The van der Waals surface area contributed by atoms with Gasteiger partial charge >= 0.3 is 0 Å². The maximum absolute atomic E-state index is 8.56. The smallest absolute Gasteiger partial charge is 0.0629 e. The minimum atomic E-state index is -0.519. The second-order valence-corrected chi connectivity index (χ2v) is 7.28. The van der Waals surface area contributed by atoms with Crippen LogP contribution in [0.25, 0.3) is 43.8 Å². The van der Waals surface area contributed by atoms with E-state index in [4.69, 9.17) is 19.2 Å². The lowest BCUT2D eigenvalue weighted by Crippen LogP contribution is -1.90. The van der Waals surface area contributed by atoms with Gasteiger partial charge in [0.25, 0.3) is 0 Å². The van der Waals surface area contributed by atoms with Crippen molar-refractivity contribution in [1.82, 2.24) is 0 Å². The Hall–Kier alpha value is -4.36. The van der Waals surface area contributed by atoms with Crippen LogP contribution in [-0.2, 0) is 0 Å². The molecule has 0 aromatic heterocycles. The van der Waals surface area contributed by atoms with Crippen molar-refractivity contribution < 1.29 is 19.2 Å². The first-order chi connectivity index (χ1) is 22.2. The van der Waals surface area contributed by atoms with E-state index in [-0.39, 0.29) is 44.8 Å². The highest BCUT2D eigenvalue weighted by atomic mass is 14.9. The summed E-state index contributed by atoms with van der Waals surface area (Å²) < 4.78 is 116. The van der Waals surface area contributed by atoms with Gasteiger partial charge in [-0.05, 0) is 68.1 Å². The lowest BCUT2D eigenvalue weighted by Gasteiger charge is -2.11. The topological polar surface area (TPSA) is 12.0 Å². The molecule has 0 unspecified atom stereocenters. The van der Waals surface area contributed by atoms with Gasteiger partial charge in [0.2, 0.25) is 0 Å². The zero-order valence-corrected chi connectivity index (χ0v) is 17.1. The molecular weight excluding hydrogens is 398 g/mol. The van der Waals surface area contributed by atoms with Gasteiger partial charge < -0.3 is 5.32 Å². The molecule has 0 aliphatic rings. The van der Waals surface area contributed by atoms with Crippen molar-refractivity contribution in [3.63, 3.8) is 0 Å². The van der Waals surface area contributed by atoms with Gasteiger partial charge in [-0.25, -0.2) is 0 Å². The summed E-state index contributed by atoms with van der Waals surface area (Å²) in [7, 11) is 0. The third kappa shape index (κ3) is 3.75. The number of fused-ring (bicyclic) bond motifs is 2. The van der Waals surface area contributed by atoms with E-state index in [2.05, 4.69) is 5.32 Å². The molecule has 156 valence electrons. The van der Waals surface area contributed by atoms with E-state index in [0.717, 1.165) is 0 Å². The Morgan fingerprint density at radius 1 is 0.424 bits per heavy atom. The summed E-state index contributed by atoms with van der Waals surface area (Å²) in [4.78, 5) is 0. The number of benzene rings is 6. The molecule has 0 saturated carbocycles. The van der Waals surface area contributed by atoms with Gasteiger partial charge in [0.05, 0.1) is 19.2 Å². The predicted molar refractivity (Wildman–Crippen MR) is 142 cm³/mol. The number of anilines is 2. The van der Waals surface area contributed by atoms with Crippen molar-refractivity contribution in [2.24, 2.45) is 0 Å². The molecule has 0 spiro atoms. The zero-order chi connectivity index (χ0) is 34.2. The molecule has 0 aliphatic carbocycles. The summed E-state index contributed by atoms with van der Waals surface area (Å²) in [6.45, 7) is 0. The van der Waals surface area contributed by atoms with Crippen LogP contribution in [0.4, 0.5) is 11.4 Å². The fraction of sp³-hybridized carbons (Fsp3) is 0. The molecule has 1 heteroatoms. The molecule has 0 heterocycles. The Labute approximate surface area is 213 Å². The van der Waals surface area contributed by atoms with Gasteiger partial charge in [-0.15, -0.1) is 0 Å². The van der Waals surface area contributed by atoms with Gasteiger partial charge in [-0.1, -0.05) is 109 Å². The Balaban J connectivity index is 1.38. The molecule has 0 bridgehead atoms. The normalized spacial score (nSPS) is 17.0. The minimum Gasteiger partial charge on any atom is -0.356 e. The molecule has 0 radical (unpaired) electrons. The van der Waals surface area contributed by atoms with Gasteiger partial charge in [-0.3, -0.25) is 0 Å². The first-order valence-electron chi connectivity index (χ1n) is 17.1. The largest absolute Gasteiger partial charge is 0.356 e. The van der Waals surface area contributed by atoms with E-state index in [1.165, 1.54) is 0 Å². The van der Waals surface area contributed by atoms with Crippen molar-refractivity contribution in [2.75, 3.05) is 5.32 Å². The van der Waals surface area contributed by atoms with Crippen LogP contribution in [-0.4, -0.2) is 0 Å². The lowest BCUT2D eigenvalue weighted by molar-refractivity contribution is 1.54. The maximum atomic E-state index is 8.56. The SMILES string of the molecule is [2H]c1c([2H])c([2H])c2c(-c3ccc(Nc4ccc(-c5c([2H])c([2H])c([2H])c6c([2H])c([2H])c([2H])c([2H])c56)cc4)cc3)c([2H])c([2H])c([2H])c2c1[2H]. The molecule has 0 aliphatic heterocycles. The van der Waals surface area contributed by atoms with Crippen LogP contribution in [0, 0.1) is 0 Å². The highest BCUT2D eigenvalue weighted by Gasteiger charge is 2.05. The standard InChI is InChI=1S/C32H23N/c1-3-11-29-23(7-1)9-5-13-31(29)25-15-19-27(20-16-25)33-28-21-17-26(18-22-28)32-14-6-10-24-8-2-4-12-30(24)32/h1-22,33H/i1D,2D,3D,4D,5D,6D,7D,8D,9D,10D,11D,12D,13D,14D.